The number of amides is 2. The van der Waals surface area contributed by atoms with Gasteiger partial charge in [-0.2, -0.15) is 0 Å². The minimum Gasteiger partial charge on any atom is -0.370 e. The van der Waals surface area contributed by atoms with E-state index < -0.39 is 24.0 Å². The number of carbonyl (C=O) groups is 2. The third kappa shape index (κ3) is 9.14. The maximum atomic E-state index is 13.8. The largest absolute Gasteiger partial charge is 0.370 e. The molecular weight excluding hydrogens is 456 g/mol. The van der Waals surface area contributed by atoms with Gasteiger partial charge in [-0.25, -0.2) is 0 Å². The first-order valence-corrected chi connectivity index (χ1v) is 12.1. The molecule has 0 unspecified atom stereocenters. The van der Waals surface area contributed by atoms with Gasteiger partial charge < -0.3 is 27.0 Å². The van der Waals surface area contributed by atoms with Crippen LogP contribution in [-0.4, -0.2) is 53.6 Å². The molecule has 0 spiro atoms. The third-order valence-corrected chi connectivity index (χ3v) is 5.83. The van der Waals surface area contributed by atoms with Crippen LogP contribution >= 0.6 is 0 Å². The van der Waals surface area contributed by atoms with Gasteiger partial charge in [0.05, 0.1) is 12.1 Å². The minimum atomic E-state index is -0.866. The van der Waals surface area contributed by atoms with Crippen LogP contribution in [-0.2, 0) is 27.3 Å². The quantitative estimate of drug-likeness (QED) is 0.152. The summed E-state index contributed by atoms with van der Waals surface area (Å²) in [5, 5.41) is 12.8. The number of rotatable bonds is 14. The van der Waals surface area contributed by atoms with Gasteiger partial charge in [-0.15, -0.1) is 0 Å². The number of nitrogens with two attached hydrogens (primary N) is 2. The molecule has 36 heavy (non-hydrogen) atoms. The number of carbonyl (C=O) groups excluding carboxylic acids is 3. The maximum absolute atomic E-state index is 13.8. The molecule has 3 atom stereocenters. The molecule has 9 heteroatoms. The molecule has 0 bridgehead atoms. The molecule has 2 amide bonds. The highest BCUT2D eigenvalue weighted by Crippen LogP contribution is 2.16. The summed E-state index contributed by atoms with van der Waals surface area (Å²) >= 11 is 0. The first kappa shape index (κ1) is 28.5. The predicted molar refractivity (Wildman–Crippen MR) is 141 cm³/mol. The number of hydrogen-bond donors (Lipinski definition) is 5. The highest BCUT2D eigenvalue weighted by molar-refractivity contribution is 5.91. The standard InChI is InChI=1S/C27H37N6O3/c1-19(2)24(32-25(35)23(28)16-20-10-5-3-6-11-20)26(36)33(17-21-12-7-4-8-13-21)22(18-34)14-9-15-31-27(29)30/h3-8,10-13,19,22-24H,9,14-17,28H2,1-2H3,(H,32,35)(H4,29,30,31)/t22-,23-,24-/m0/s1. The van der Waals surface area contributed by atoms with Crippen LogP contribution in [0.25, 0.3) is 0 Å². The molecule has 2 aromatic carbocycles. The predicted octanol–water partition coefficient (Wildman–Crippen LogP) is 1.47. The van der Waals surface area contributed by atoms with Crippen molar-refractivity contribution in [3.63, 3.8) is 0 Å². The van der Waals surface area contributed by atoms with Crippen LogP contribution in [0.3, 0.4) is 0 Å². The fourth-order valence-corrected chi connectivity index (χ4v) is 3.83. The van der Waals surface area contributed by atoms with Crippen LogP contribution in [0.5, 0.6) is 0 Å². The normalized spacial score (nSPS) is 13.3. The van der Waals surface area contributed by atoms with Crippen molar-refractivity contribution in [3.8, 4) is 0 Å². The fraction of sp³-hybridized carbons (Fsp3) is 0.407. The lowest BCUT2D eigenvalue weighted by atomic mass is 9.99. The Kier molecular flexibility index (Phi) is 11.6. The SMILES string of the molecule is CC(C)[C@H](NC(=O)[C@@H](N)Cc1ccccc1)C(=O)N(Cc1ccccc1)[C@H]([C]=O)CCCNC(=N)N. The lowest BCUT2D eigenvalue weighted by Crippen LogP contribution is -2.57. The summed E-state index contributed by atoms with van der Waals surface area (Å²) in [6.45, 7) is 4.25. The smallest absolute Gasteiger partial charge is 0.246 e. The highest BCUT2D eigenvalue weighted by atomic mass is 16.2. The minimum absolute atomic E-state index is 0.159. The van der Waals surface area contributed by atoms with E-state index in [-0.39, 0.29) is 24.3 Å². The summed E-state index contributed by atoms with van der Waals surface area (Å²) < 4.78 is 0. The summed E-state index contributed by atoms with van der Waals surface area (Å²) in [4.78, 5) is 40.1. The van der Waals surface area contributed by atoms with Gasteiger partial charge in [0, 0.05) is 13.1 Å². The molecule has 193 valence electrons. The van der Waals surface area contributed by atoms with Crippen LogP contribution in [0.15, 0.2) is 60.7 Å². The number of guanidine groups is 1. The van der Waals surface area contributed by atoms with E-state index in [0.29, 0.717) is 25.8 Å². The van der Waals surface area contributed by atoms with E-state index in [4.69, 9.17) is 16.9 Å². The molecule has 0 fully saturated rings. The number of hydrogen-bond acceptors (Lipinski definition) is 5. The zero-order chi connectivity index (χ0) is 26.5. The fourth-order valence-electron chi connectivity index (χ4n) is 3.83. The summed E-state index contributed by atoms with van der Waals surface area (Å²) in [5.41, 5.74) is 13.3. The molecule has 0 aliphatic carbocycles. The number of benzene rings is 2. The van der Waals surface area contributed by atoms with Gasteiger partial charge in [-0.05, 0) is 36.3 Å². The third-order valence-electron chi connectivity index (χ3n) is 5.83. The van der Waals surface area contributed by atoms with Gasteiger partial charge in [0.15, 0.2) is 5.96 Å². The van der Waals surface area contributed by atoms with Gasteiger partial charge in [0.1, 0.15) is 6.04 Å². The summed E-state index contributed by atoms with van der Waals surface area (Å²) in [6.07, 6.45) is 3.17. The highest BCUT2D eigenvalue weighted by Gasteiger charge is 2.33. The van der Waals surface area contributed by atoms with Gasteiger partial charge in [0.2, 0.25) is 18.1 Å². The van der Waals surface area contributed by atoms with Crippen molar-refractivity contribution in [1.29, 1.82) is 5.41 Å². The van der Waals surface area contributed by atoms with E-state index in [1.807, 2.05) is 80.8 Å². The van der Waals surface area contributed by atoms with Gasteiger partial charge in [0.25, 0.3) is 0 Å². The molecule has 0 aliphatic rings. The van der Waals surface area contributed by atoms with Crippen molar-refractivity contribution >= 4 is 24.1 Å². The molecule has 0 aliphatic heterocycles. The van der Waals surface area contributed by atoms with Crippen molar-refractivity contribution in [2.24, 2.45) is 17.4 Å². The second kappa shape index (κ2) is 14.6. The zero-order valence-electron chi connectivity index (χ0n) is 20.9. The molecule has 2 aromatic rings. The van der Waals surface area contributed by atoms with E-state index in [9.17, 15) is 14.4 Å². The molecule has 2 rings (SSSR count). The van der Waals surface area contributed by atoms with Crippen LogP contribution < -0.4 is 22.1 Å². The van der Waals surface area contributed by atoms with E-state index >= 15 is 0 Å². The van der Waals surface area contributed by atoms with Gasteiger partial charge in [-0.1, -0.05) is 74.5 Å². The Morgan fingerprint density at radius 2 is 1.61 bits per heavy atom. The summed E-state index contributed by atoms with van der Waals surface area (Å²) in [5.74, 6) is -1.20. The number of nitrogens with one attached hydrogen (secondary N) is 3. The molecule has 0 aromatic heterocycles. The van der Waals surface area contributed by atoms with Crippen LogP contribution in [0.2, 0.25) is 0 Å². The first-order valence-electron chi connectivity index (χ1n) is 12.1. The maximum Gasteiger partial charge on any atom is 0.246 e. The summed E-state index contributed by atoms with van der Waals surface area (Å²) in [7, 11) is 0. The zero-order valence-corrected chi connectivity index (χ0v) is 20.9. The number of nitrogens with zero attached hydrogens (tertiary/aromatic N) is 1. The molecule has 1 radical (unpaired) electrons. The molecule has 0 saturated carbocycles. The van der Waals surface area contributed by atoms with E-state index in [2.05, 4.69) is 10.6 Å². The van der Waals surface area contributed by atoms with Crippen molar-refractivity contribution in [1.82, 2.24) is 15.5 Å². The van der Waals surface area contributed by atoms with Crippen molar-refractivity contribution in [3.05, 3.63) is 71.8 Å². The molecule has 7 N–H and O–H groups in total. The lowest BCUT2D eigenvalue weighted by molar-refractivity contribution is -0.139. The topological polar surface area (TPSA) is 154 Å². The van der Waals surface area contributed by atoms with E-state index in [0.717, 1.165) is 11.1 Å². The Labute approximate surface area is 213 Å². The van der Waals surface area contributed by atoms with Gasteiger partial charge >= 0.3 is 0 Å². The summed E-state index contributed by atoms with van der Waals surface area (Å²) in [6, 6.07) is 16.3. The Morgan fingerprint density at radius 3 is 2.14 bits per heavy atom. The van der Waals surface area contributed by atoms with Crippen molar-refractivity contribution in [2.45, 2.75) is 57.8 Å². The van der Waals surface area contributed by atoms with Crippen molar-refractivity contribution in [2.75, 3.05) is 6.54 Å². The molecule has 0 heterocycles. The average molecular weight is 494 g/mol. The molecule has 9 nitrogen and oxygen atoms in total. The Balaban J connectivity index is 2.20. The van der Waals surface area contributed by atoms with Crippen molar-refractivity contribution < 1.29 is 14.4 Å². The first-order chi connectivity index (χ1) is 17.2. The van der Waals surface area contributed by atoms with E-state index in [1.165, 1.54) is 4.90 Å². The second-order valence-electron chi connectivity index (χ2n) is 9.09. The van der Waals surface area contributed by atoms with Gasteiger partial charge in [-0.3, -0.25) is 19.8 Å². The van der Waals surface area contributed by atoms with E-state index in [1.54, 1.807) is 0 Å². The van der Waals surface area contributed by atoms with Crippen LogP contribution in [0.4, 0.5) is 0 Å². The lowest BCUT2D eigenvalue weighted by Gasteiger charge is -2.33. The Hall–Kier alpha value is -3.72. The monoisotopic (exact) mass is 493 g/mol. The van der Waals surface area contributed by atoms with Crippen LogP contribution in [0.1, 0.15) is 37.8 Å². The molecular formula is C27H37N6O3. The van der Waals surface area contributed by atoms with Crippen LogP contribution in [0, 0.1) is 11.3 Å². The average Bonchev–Trinajstić information content (AvgIpc) is 2.86. The second-order valence-corrected chi connectivity index (χ2v) is 9.09. The Bertz CT molecular complexity index is 984. The molecule has 0 saturated heterocycles. The Morgan fingerprint density at radius 1 is 1.03 bits per heavy atom.